The number of nitrogens with zero attached hydrogens (tertiary/aromatic N) is 2. The zero-order valence-electron chi connectivity index (χ0n) is 18.1. The van der Waals surface area contributed by atoms with Gasteiger partial charge in [0.05, 0.1) is 22.4 Å². The molecule has 0 bridgehead atoms. The SMILES string of the molecule is Cc1cccc(NS(=O)(=O)c2ccc(NC(=O)Cc3nn(C)c(=O)c4ccccc34)cc2)c1. The first kappa shape index (κ1) is 22.2. The van der Waals surface area contributed by atoms with Gasteiger partial charge in [0.25, 0.3) is 15.6 Å². The number of rotatable bonds is 6. The average Bonchev–Trinajstić information content (AvgIpc) is 2.77. The fraction of sp³-hybridized carbons (Fsp3) is 0.125. The molecule has 33 heavy (non-hydrogen) atoms. The van der Waals surface area contributed by atoms with E-state index < -0.39 is 10.0 Å². The van der Waals surface area contributed by atoms with Gasteiger partial charge >= 0.3 is 0 Å². The number of anilines is 2. The third kappa shape index (κ3) is 4.93. The summed E-state index contributed by atoms with van der Waals surface area (Å²) >= 11 is 0. The highest BCUT2D eigenvalue weighted by atomic mass is 32.2. The van der Waals surface area contributed by atoms with Crippen molar-refractivity contribution in [3.05, 3.63) is 94.4 Å². The molecule has 9 heteroatoms. The predicted octanol–water partition coefficient (Wildman–Crippen LogP) is 3.22. The number of hydrogen-bond donors (Lipinski definition) is 2. The van der Waals surface area contributed by atoms with Crippen LogP contribution in [-0.4, -0.2) is 24.1 Å². The first-order valence-electron chi connectivity index (χ1n) is 10.2. The van der Waals surface area contributed by atoms with Crippen LogP contribution in [0.3, 0.4) is 0 Å². The van der Waals surface area contributed by atoms with Crippen molar-refractivity contribution < 1.29 is 13.2 Å². The highest BCUT2D eigenvalue weighted by Crippen LogP contribution is 2.20. The molecule has 1 aromatic heterocycles. The van der Waals surface area contributed by atoms with E-state index in [1.807, 2.05) is 13.0 Å². The summed E-state index contributed by atoms with van der Waals surface area (Å²) in [5.74, 6) is -0.334. The van der Waals surface area contributed by atoms with Crippen molar-refractivity contribution in [1.82, 2.24) is 9.78 Å². The molecule has 0 aliphatic rings. The molecule has 3 aromatic carbocycles. The van der Waals surface area contributed by atoms with E-state index in [1.165, 1.54) is 28.9 Å². The summed E-state index contributed by atoms with van der Waals surface area (Å²) < 4.78 is 29.0. The number of carbonyl (C=O) groups is 1. The monoisotopic (exact) mass is 462 g/mol. The summed E-state index contributed by atoms with van der Waals surface area (Å²) in [6, 6.07) is 20.0. The van der Waals surface area contributed by atoms with Gasteiger partial charge in [0.2, 0.25) is 5.91 Å². The number of sulfonamides is 1. The summed E-state index contributed by atoms with van der Waals surface area (Å²) in [6.45, 7) is 1.88. The number of nitrogens with one attached hydrogen (secondary N) is 2. The van der Waals surface area contributed by atoms with Crippen molar-refractivity contribution in [1.29, 1.82) is 0 Å². The second kappa shape index (κ2) is 8.87. The van der Waals surface area contributed by atoms with Gasteiger partial charge < -0.3 is 5.32 Å². The number of carbonyl (C=O) groups excluding carboxylic acids is 1. The van der Waals surface area contributed by atoms with E-state index in [1.54, 1.807) is 49.5 Å². The Balaban J connectivity index is 1.48. The largest absolute Gasteiger partial charge is 0.326 e. The smallest absolute Gasteiger partial charge is 0.274 e. The lowest BCUT2D eigenvalue weighted by Gasteiger charge is -2.11. The summed E-state index contributed by atoms with van der Waals surface area (Å²) in [7, 11) is -2.22. The maximum atomic E-state index is 12.6. The second-order valence-electron chi connectivity index (χ2n) is 7.65. The molecule has 8 nitrogen and oxygen atoms in total. The van der Waals surface area contributed by atoms with E-state index in [0.29, 0.717) is 27.8 Å². The summed E-state index contributed by atoms with van der Waals surface area (Å²) in [5.41, 5.74) is 2.11. The fourth-order valence-corrected chi connectivity index (χ4v) is 4.55. The van der Waals surface area contributed by atoms with Crippen molar-refractivity contribution in [2.24, 2.45) is 7.05 Å². The van der Waals surface area contributed by atoms with E-state index in [2.05, 4.69) is 15.1 Å². The molecule has 0 saturated heterocycles. The average molecular weight is 463 g/mol. The van der Waals surface area contributed by atoms with E-state index in [-0.39, 0.29) is 22.8 Å². The topological polar surface area (TPSA) is 110 Å². The Morgan fingerprint density at radius 3 is 2.33 bits per heavy atom. The second-order valence-corrected chi connectivity index (χ2v) is 9.33. The molecular formula is C24H22N4O4S. The van der Waals surface area contributed by atoms with Crippen LogP contribution in [0, 0.1) is 6.92 Å². The van der Waals surface area contributed by atoms with Gasteiger partial charge in [0.15, 0.2) is 0 Å². The van der Waals surface area contributed by atoms with Crippen LogP contribution in [0.2, 0.25) is 0 Å². The maximum Gasteiger partial charge on any atom is 0.274 e. The molecule has 0 atom stereocenters. The van der Waals surface area contributed by atoms with Gasteiger partial charge in [-0.2, -0.15) is 5.10 Å². The molecule has 1 amide bonds. The number of hydrogen-bond acceptors (Lipinski definition) is 5. The quantitative estimate of drug-likeness (QED) is 0.457. The Morgan fingerprint density at radius 1 is 0.939 bits per heavy atom. The minimum atomic E-state index is -3.76. The van der Waals surface area contributed by atoms with E-state index in [0.717, 1.165) is 5.56 Å². The lowest BCUT2D eigenvalue weighted by molar-refractivity contribution is -0.115. The number of aryl methyl sites for hydroxylation is 2. The summed E-state index contributed by atoms with van der Waals surface area (Å²) in [5, 5.41) is 8.09. The normalized spacial score (nSPS) is 11.3. The van der Waals surface area contributed by atoms with Crippen LogP contribution in [0.25, 0.3) is 10.8 Å². The van der Waals surface area contributed by atoms with Crippen LogP contribution in [0.1, 0.15) is 11.3 Å². The lowest BCUT2D eigenvalue weighted by atomic mass is 10.1. The number of benzene rings is 3. The Bertz CT molecular complexity index is 1510. The number of aromatic nitrogens is 2. The molecule has 0 spiro atoms. The van der Waals surface area contributed by atoms with E-state index in [9.17, 15) is 18.0 Å². The zero-order valence-corrected chi connectivity index (χ0v) is 18.9. The molecule has 4 aromatic rings. The highest BCUT2D eigenvalue weighted by Gasteiger charge is 2.16. The third-order valence-electron chi connectivity index (χ3n) is 5.08. The van der Waals surface area contributed by atoms with Crippen LogP contribution < -0.4 is 15.6 Å². The van der Waals surface area contributed by atoms with Gasteiger partial charge in [0, 0.05) is 23.8 Å². The van der Waals surface area contributed by atoms with E-state index in [4.69, 9.17) is 0 Å². The predicted molar refractivity (Wildman–Crippen MR) is 128 cm³/mol. The molecule has 0 aliphatic carbocycles. The van der Waals surface area contributed by atoms with Crippen molar-refractivity contribution in [2.75, 3.05) is 10.0 Å². The van der Waals surface area contributed by atoms with Gasteiger partial charge in [-0.15, -0.1) is 0 Å². The van der Waals surface area contributed by atoms with Crippen LogP contribution in [0.4, 0.5) is 11.4 Å². The first-order chi connectivity index (χ1) is 15.7. The Kier molecular flexibility index (Phi) is 5.97. The third-order valence-corrected chi connectivity index (χ3v) is 6.48. The molecule has 0 radical (unpaired) electrons. The van der Waals surface area contributed by atoms with Crippen molar-refractivity contribution >= 4 is 38.1 Å². The maximum absolute atomic E-state index is 12.6. The molecule has 1 heterocycles. The minimum absolute atomic E-state index is 0.0381. The number of fused-ring (bicyclic) bond motifs is 1. The molecule has 2 N–H and O–H groups in total. The first-order valence-corrected chi connectivity index (χ1v) is 11.7. The zero-order chi connectivity index (χ0) is 23.6. The molecular weight excluding hydrogens is 440 g/mol. The van der Waals surface area contributed by atoms with Gasteiger partial charge in [-0.05, 0) is 55.0 Å². The van der Waals surface area contributed by atoms with Crippen LogP contribution in [0.15, 0.2) is 82.5 Å². The molecule has 0 aliphatic heterocycles. The fourth-order valence-electron chi connectivity index (χ4n) is 3.50. The Hall–Kier alpha value is -3.98. The highest BCUT2D eigenvalue weighted by molar-refractivity contribution is 7.92. The van der Waals surface area contributed by atoms with Gasteiger partial charge in [-0.25, -0.2) is 13.1 Å². The van der Waals surface area contributed by atoms with Gasteiger partial charge in [-0.1, -0.05) is 30.3 Å². The molecule has 0 saturated carbocycles. The van der Waals surface area contributed by atoms with E-state index >= 15 is 0 Å². The summed E-state index contributed by atoms with van der Waals surface area (Å²) in [6.07, 6.45) is -0.0381. The number of amides is 1. The lowest BCUT2D eigenvalue weighted by Crippen LogP contribution is -2.24. The molecule has 0 unspecified atom stereocenters. The molecule has 168 valence electrons. The molecule has 4 rings (SSSR count). The molecule has 0 fully saturated rings. The van der Waals surface area contributed by atoms with Crippen molar-refractivity contribution in [2.45, 2.75) is 18.2 Å². The van der Waals surface area contributed by atoms with Crippen molar-refractivity contribution in [3.8, 4) is 0 Å². The van der Waals surface area contributed by atoms with Gasteiger partial charge in [-0.3, -0.25) is 14.3 Å². The standard InChI is InChI=1S/C24H22N4O4S/c1-16-6-5-7-18(14-16)27-33(31,32)19-12-10-17(11-13-19)25-23(29)15-22-20-8-3-4-9-21(20)24(30)28(2)26-22/h3-14,27H,15H2,1-2H3,(H,25,29). The Labute approximate surface area is 190 Å². The van der Waals surface area contributed by atoms with Gasteiger partial charge in [0.1, 0.15) is 0 Å². The minimum Gasteiger partial charge on any atom is -0.326 e. The summed E-state index contributed by atoms with van der Waals surface area (Å²) in [4.78, 5) is 24.9. The van der Waals surface area contributed by atoms with Crippen LogP contribution >= 0.6 is 0 Å². The van der Waals surface area contributed by atoms with Crippen molar-refractivity contribution in [3.63, 3.8) is 0 Å². The Morgan fingerprint density at radius 2 is 1.64 bits per heavy atom. The van der Waals surface area contributed by atoms with Crippen LogP contribution in [-0.2, 0) is 28.3 Å². The van der Waals surface area contributed by atoms with Crippen LogP contribution in [0.5, 0.6) is 0 Å².